The average molecular weight is 435 g/mol. The summed E-state index contributed by atoms with van der Waals surface area (Å²) in [6.07, 6.45) is 0. The fourth-order valence-corrected chi connectivity index (χ4v) is 3.96. The Kier molecular flexibility index (Phi) is 5.74. The summed E-state index contributed by atoms with van der Waals surface area (Å²) in [7, 11) is -1.23. The van der Waals surface area contributed by atoms with Crippen molar-refractivity contribution in [1.82, 2.24) is 0 Å². The first kappa shape index (κ1) is 18.6. The van der Waals surface area contributed by atoms with Gasteiger partial charge < -0.3 is 9.47 Å². The van der Waals surface area contributed by atoms with Gasteiger partial charge in [-0.25, -0.2) is 13.2 Å². The quantitative estimate of drug-likeness (QED) is 0.726. The van der Waals surface area contributed by atoms with Crippen LogP contribution in [0.15, 0.2) is 45.8 Å². The van der Waals surface area contributed by atoms with E-state index in [4.69, 9.17) is 16.3 Å². The molecule has 2 aromatic rings. The van der Waals surface area contributed by atoms with Crippen molar-refractivity contribution < 1.29 is 22.7 Å². The highest BCUT2D eigenvalue weighted by molar-refractivity contribution is 9.10. The predicted molar refractivity (Wildman–Crippen MR) is 94.3 cm³/mol. The lowest BCUT2D eigenvalue weighted by atomic mass is 10.2. The van der Waals surface area contributed by atoms with E-state index in [1.54, 1.807) is 6.07 Å². The number of ether oxygens (including phenoxy) is 2. The minimum absolute atomic E-state index is 0.0201. The second-order valence-electron chi connectivity index (χ2n) is 4.59. The topological polar surface area (TPSA) is 81.7 Å². The zero-order valence-electron chi connectivity index (χ0n) is 12.7. The number of hydrogen-bond donors (Lipinski definition) is 1. The van der Waals surface area contributed by atoms with Crippen LogP contribution >= 0.6 is 27.5 Å². The molecule has 0 spiro atoms. The Hall–Kier alpha value is -1.77. The van der Waals surface area contributed by atoms with Gasteiger partial charge in [-0.2, -0.15) is 0 Å². The molecule has 0 saturated carbocycles. The normalized spacial score (nSPS) is 11.0. The Balaban J connectivity index is 2.37. The molecule has 0 saturated heterocycles. The molecule has 0 aliphatic carbocycles. The molecular weight excluding hydrogens is 422 g/mol. The van der Waals surface area contributed by atoms with E-state index in [1.807, 2.05) is 0 Å². The van der Waals surface area contributed by atoms with Crippen molar-refractivity contribution in [2.24, 2.45) is 0 Å². The zero-order chi connectivity index (χ0) is 17.9. The number of carbonyl (C=O) groups is 1. The minimum Gasteiger partial charge on any atom is -0.493 e. The molecule has 0 aliphatic heterocycles. The number of anilines is 1. The maximum atomic E-state index is 12.5. The highest BCUT2D eigenvalue weighted by atomic mass is 79.9. The summed E-state index contributed by atoms with van der Waals surface area (Å²) in [5, 5.41) is 0.335. The van der Waals surface area contributed by atoms with E-state index in [0.29, 0.717) is 15.2 Å². The van der Waals surface area contributed by atoms with Crippen LogP contribution in [0.5, 0.6) is 5.75 Å². The summed E-state index contributed by atoms with van der Waals surface area (Å²) in [5.41, 5.74) is 0.438. The number of hydrogen-bond acceptors (Lipinski definition) is 5. The Bertz CT molecular complexity index is 868. The van der Waals surface area contributed by atoms with Gasteiger partial charge in [0, 0.05) is 5.02 Å². The first-order valence-corrected chi connectivity index (χ1v) is 9.18. The van der Waals surface area contributed by atoms with Gasteiger partial charge >= 0.3 is 5.97 Å². The van der Waals surface area contributed by atoms with Gasteiger partial charge in [-0.15, -0.1) is 0 Å². The van der Waals surface area contributed by atoms with E-state index in [0.717, 1.165) is 0 Å². The molecule has 0 radical (unpaired) electrons. The van der Waals surface area contributed by atoms with Crippen molar-refractivity contribution in [1.29, 1.82) is 0 Å². The summed E-state index contributed by atoms with van der Waals surface area (Å²) in [6, 6.07) is 8.37. The zero-order valence-corrected chi connectivity index (χ0v) is 15.8. The maximum Gasteiger partial charge on any atom is 0.337 e. The van der Waals surface area contributed by atoms with E-state index < -0.39 is 16.0 Å². The largest absolute Gasteiger partial charge is 0.493 e. The highest BCUT2D eigenvalue weighted by Gasteiger charge is 2.19. The van der Waals surface area contributed by atoms with Crippen molar-refractivity contribution in [2.75, 3.05) is 18.9 Å². The lowest BCUT2D eigenvalue weighted by molar-refractivity contribution is 0.0600. The summed E-state index contributed by atoms with van der Waals surface area (Å²) < 4.78 is 37.7. The van der Waals surface area contributed by atoms with Crippen LogP contribution in [-0.4, -0.2) is 28.6 Å². The maximum absolute atomic E-state index is 12.5. The molecule has 0 atom stereocenters. The van der Waals surface area contributed by atoms with E-state index in [1.165, 1.54) is 44.6 Å². The molecule has 2 aromatic carbocycles. The third kappa shape index (κ3) is 4.00. The number of benzene rings is 2. The molecule has 0 bridgehead atoms. The molecular formula is C15H13BrClNO5S. The Labute approximate surface area is 152 Å². The van der Waals surface area contributed by atoms with Crippen molar-refractivity contribution >= 4 is 49.2 Å². The van der Waals surface area contributed by atoms with Gasteiger partial charge in [0.05, 0.1) is 34.8 Å². The predicted octanol–water partition coefficient (Wildman–Crippen LogP) is 3.70. The van der Waals surface area contributed by atoms with Crippen molar-refractivity contribution in [3.8, 4) is 5.75 Å². The van der Waals surface area contributed by atoms with E-state index in [9.17, 15) is 13.2 Å². The summed E-state index contributed by atoms with van der Waals surface area (Å²) >= 11 is 9.21. The molecule has 0 amide bonds. The SMILES string of the molecule is COC(=O)c1ccc(S(=O)(=O)Nc2cc(Cl)cc(Br)c2OC)cc1. The van der Waals surface area contributed by atoms with Crippen LogP contribution in [0.25, 0.3) is 0 Å². The molecule has 0 aliphatic rings. The number of esters is 1. The fraction of sp³-hybridized carbons (Fsp3) is 0.133. The lowest BCUT2D eigenvalue weighted by Crippen LogP contribution is -2.14. The van der Waals surface area contributed by atoms with E-state index in [-0.39, 0.29) is 16.1 Å². The van der Waals surface area contributed by atoms with Gasteiger partial charge in [-0.3, -0.25) is 4.72 Å². The monoisotopic (exact) mass is 433 g/mol. The molecule has 128 valence electrons. The average Bonchev–Trinajstić information content (AvgIpc) is 2.53. The van der Waals surface area contributed by atoms with Crippen molar-refractivity contribution in [3.63, 3.8) is 0 Å². The van der Waals surface area contributed by atoms with Gasteiger partial charge in [0.25, 0.3) is 10.0 Å². The number of carbonyl (C=O) groups excluding carboxylic acids is 1. The highest BCUT2D eigenvalue weighted by Crippen LogP contribution is 2.37. The molecule has 2 rings (SSSR count). The molecule has 1 N–H and O–H groups in total. The summed E-state index contributed by atoms with van der Waals surface area (Å²) in [6.45, 7) is 0. The first-order chi connectivity index (χ1) is 11.3. The summed E-state index contributed by atoms with van der Waals surface area (Å²) in [5.74, 6) is -0.249. The second kappa shape index (κ2) is 7.42. The summed E-state index contributed by atoms with van der Waals surface area (Å²) in [4.78, 5) is 11.4. The number of methoxy groups -OCH3 is 2. The van der Waals surface area contributed by atoms with Gasteiger partial charge in [-0.1, -0.05) is 11.6 Å². The molecule has 6 nitrogen and oxygen atoms in total. The Morgan fingerprint density at radius 1 is 1.17 bits per heavy atom. The molecule has 9 heteroatoms. The lowest BCUT2D eigenvalue weighted by Gasteiger charge is -2.14. The Morgan fingerprint density at radius 2 is 1.79 bits per heavy atom. The van der Waals surface area contributed by atoms with Crippen LogP contribution in [-0.2, 0) is 14.8 Å². The van der Waals surface area contributed by atoms with Crippen LogP contribution in [0.1, 0.15) is 10.4 Å². The van der Waals surface area contributed by atoms with Crippen molar-refractivity contribution in [2.45, 2.75) is 4.90 Å². The number of rotatable bonds is 5. The van der Waals surface area contributed by atoms with Gasteiger partial charge in [0.15, 0.2) is 5.75 Å². The van der Waals surface area contributed by atoms with Crippen LogP contribution in [0.3, 0.4) is 0 Å². The molecule has 24 heavy (non-hydrogen) atoms. The minimum atomic E-state index is -3.89. The smallest absolute Gasteiger partial charge is 0.337 e. The van der Waals surface area contributed by atoms with Gasteiger partial charge in [-0.05, 0) is 52.3 Å². The van der Waals surface area contributed by atoms with Crippen LogP contribution in [0.2, 0.25) is 5.02 Å². The van der Waals surface area contributed by atoms with Crippen LogP contribution in [0.4, 0.5) is 5.69 Å². The van der Waals surface area contributed by atoms with Crippen molar-refractivity contribution in [3.05, 3.63) is 51.5 Å². The number of halogens is 2. The molecule has 0 heterocycles. The fourth-order valence-electron chi connectivity index (χ4n) is 1.94. The van der Waals surface area contributed by atoms with E-state index in [2.05, 4.69) is 25.4 Å². The first-order valence-electron chi connectivity index (χ1n) is 6.52. The number of sulfonamides is 1. The third-order valence-corrected chi connectivity index (χ3v) is 5.23. The van der Waals surface area contributed by atoms with Crippen LogP contribution < -0.4 is 9.46 Å². The third-order valence-electron chi connectivity index (χ3n) is 3.04. The Morgan fingerprint density at radius 3 is 2.33 bits per heavy atom. The molecule has 0 unspecified atom stereocenters. The van der Waals surface area contributed by atoms with Gasteiger partial charge in [0.2, 0.25) is 0 Å². The number of nitrogens with one attached hydrogen (secondary N) is 1. The second-order valence-corrected chi connectivity index (χ2v) is 7.56. The van der Waals surface area contributed by atoms with Crippen LogP contribution in [0, 0.1) is 0 Å². The molecule has 0 aromatic heterocycles. The standard InChI is InChI=1S/C15H13BrClNO5S/c1-22-14-12(16)7-10(17)8-13(14)18-24(20,21)11-5-3-9(4-6-11)15(19)23-2/h3-8,18H,1-2H3. The molecule has 0 fully saturated rings. The van der Waals surface area contributed by atoms with E-state index >= 15 is 0 Å². The van der Waals surface area contributed by atoms with Gasteiger partial charge in [0.1, 0.15) is 0 Å².